The van der Waals surface area contributed by atoms with Crippen molar-refractivity contribution < 1.29 is 17.2 Å². The second-order valence-electron chi connectivity index (χ2n) is 2.72. The highest BCUT2D eigenvalue weighted by molar-refractivity contribution is 7.80. The molecule has 0 aromatic heterocycles. The third-order valence-corrected chi connectivity index (χ3v) is 2.35. The summed E-state index contributed by atoms with van der Waals surface area (Å²) < 4.78 is 33.6. The van der Waals surface area contributed by atoms with E-state index in [4.69, 9.17) is 16.2 Å². The van der Waals surface area contributed by atoms with Crippen LogP contribution >= 0.6 is 11.6 Å². The molecule has 0 radical (unpaired) electrons. The van der Waals surface area contributed by atoms with Crippen molar-refractivity contribution in [3.8, 4) is 0 Å². The van der Waals surface area contributed by atoms with Gasteiger partial charge in [-0.25, -0.2) is 4.18 Å². The first kappa shape index (κ1) is 11.5. The fourth-order valence-corrected chi connectivity index (χ4v) is 1.67. The van der Waals surface area contributed by atoms with Crippen LogP contribution in [-0.2, 0) is 14.6 Å². The quantitative estimate of drug-likeness (QED) is 0.818. The van der Waals surface area contributed by atoms with E-state index in [1.165, 1.54) is 6.92 Å². The fraction of sp³-hybridized carbons (Fsp3) is 0.250. The standard InChI is InChI=1S/C8H9ClO4S/c1-6(13-14(10,11)12)7-3-2-4-8(9)5-7/h2-6H,1H3,(H,10,11,12)/t6-/m0/s1. The van der Waals surface area contributed by atoms with E-state index in [1.807, 2.05) is 0 Å². The summed E-state index contributed by atoms with van der Waals surface area (Å²) in [6.45, 7) is 1.50. The minimum atomic E-state index is -4.43. The molecule has 1 N–H and O–H groups in total. The lowest BCUT2D eigenvalue weighted by atomic mass is 10.1. The van der Waals surface area contributed by atoms with Crippen molar-refractivity contribution in [2.45, 2.75) is 13.0 Å². The Morgan fingerprint density at radius 1 is 1.50 bits per heavy atom. The number of rotatable bonds is 3. The second kappa shape index (κ2) is 4.27. The molecule has 1 aromatic rings. The molecule has 14 heavy (non-hydrogen) atoms. The van der Waals surface area contributed by atoms with Gasteiger partial charge in [-0.05, 0) is 24.6 Å². The molecule has 0 saturated heterocycles. The largest absolute Gasteiger partial charge is 0.397 e. The Morgan fingerprint density at radius 2 is 2.14 bits per heavy atom. The lowest BCUT2D eigenvalue weighted by molar-refractivity contribution is 0.201. The van der Waals surface area contributed by atoms with Gasteiger partial charge in [0.25, 0.3) is 0 Å². The smallest absolute Gasteiger partial charge is 0.264 e. The molecule has 0 spiro atoms. The zero-order valence-corrected chi connectivity index (χ0v) is 8.92. The van der Waals surface area contributed by atoms with Crippen LogP contribution in [0.5, 0.6) is 0 Å². The Hall–Kier alpha value is -0.620. The van der Waals surface area contributed by atoms with Gasteiger partial charge >= 0.3 is 10.4 Å². The van der Waals surface area contributed by atoms with E-state index in [2.05, 4.69) is 4.18 Å². The summed E-state index contributed by atoms with van der Waals surface area (Å²) >= 11 is 5.69. The zero-order valence-electron chi connectivity index (χ0n) is 7.34. The average Bonchev–Trinajstić information content (AvgIpc) is 2.01. The van der Waals surface area contributed by atoms with E-state index in [9.17, 15) is 8.42 Å². The van der Waals surface area contributed by atoms with Crippen LogP contribution in [0.3, 0.4) is 0 Å². The molecule has 0 saturated carbocycles. The van der Waals surface area contributed by atoms with Crippen molar-refractivity contribution in [3.05, 3.63) is 34.9 Å². The van der Waals surface area contributed by atoms with Gasteiger partial charge in [0.15, 0.2) is 0 Å². The number of benzene rings is 1. The van der Waals surface area contributed by atoms with Crippen LogP contribution in [-0.4, -0.2) is 13.0 Å². The van der Waals surface area contributed by atoms with Crippen molar-refractivity contribution >= 4 is 22.0 Å². The molecule has 0 bridgehead atoms. The number of hydrogen-bond donors (Lipinski definition) is 1. The first-order valence-electron chi connectivity index (χ1n) is 3.79. The predicted molar refractivity (Wildman–Crippen MR) is 52.5 cm³/mol. The number of hydrogen-bond acceptors (Lipinski definition) is 3. The Kier molecular flexibility index (Phi) is 3.49. The van der Waals surface area contributed by atoms with E-state index in [-0.39, 0.29) is 0 Å². The third-order valence-electron chi connectivity index (χ3n) is 1.58. The van der Waals surface area contributed by atoms with Crippen LogP contribution in [0.2, 0.25) is 5.02 Å². The highest BCUT2D eigenvalue weighted by Gasteiger charge is 2.14. The van der Waals surface area contributed by atoms with E-state index in [1.54, 1.807) is 24.3 Å². The van der Waals surface area contributed by atoms with Gasteiger partial charge in [0.05, 0.1) is 0 Å². The minimum Gasteiger partial charge on any atom is -0.264 e. The molecule has 78 valence electrons. The van der Waals surface area contributed by atoms with Gasteiger partial charge in [0.1, 0.15) is 6.10 Å². The van der Waals surface area contributed by atoms with E-state index in [0.717, 1.165) is 0 Å². The molecular weight excluding hydrogens is 228 g/mol. The van der Waals surface area contributed by atoms with Crippen LogP contribution in [0.1, 0.15) is 18.6 Å². The fourth-order valence-electron chi connectivity index (χ4n) is 0.997. The highest BCUT2D eigenvalue weighted by Crippen LogP contribution is 2.21. The first-order valence-corrected chi connectivity index (χ1v) is 5.54. The van der Waals surface area contributed by atoms with Crippen molar-refractivity contribution in [2.75, 3.05) is 0 Å². The molecule has 0 aliphatic carbocycles. The normalized spacial score (nSPS) is 13.9. The van der Waals surface area contributed by atoms with E-state index in [0.29, 0.717) is 10.6 Å². The van der Waals surface area contributed by atoms with Gasteiger partial charge in [0.2, 0.25) is 0 Å². The van der Waals surface area contributed by atoms with Gasteiger partial charge < -0.3 is 0 Å². The topological polar surface area (TPSA) is 63.6 Å². The monoisotopic (exact) mass is 236 g/mol. The molecule has 1 aromatic carbocycles. The second-order valence-corrected chi connectivity index (χ2v) is 4.21. The van der Waals surface area contributed by atoms with Gasteiger partial charge in [-0.1, -0.05) is 23.7 Å². The summed E-state index contributed by atoms with van der Waals surface area (Å²) in [6, 6.07) is 6.55. The lowest BCUT2D eigenvalue weighted by Gasteiger charge is -2.10. The SMILES string of the molecule is C[C@H](OS(=O)(=O)O)c1cccc(Cl)c1. The molecule has 0 unspecified atom stereocenters. The summed E-state index contributed by atoms with van der Waals surface area (Å²) in [4.78, 5) is 0. The maximum atomic E-state index is 10.4. The third kappa shape index (κ3) is 3.63. The molecular formula is C8H9ClO4S. The molecule has 0 fully saturated rings. The van der Waals surface area contributed by atoms with Crippen LogP contribution in [0.4, 0.5) is 0 Å². The Morgan fingerprint density at radius 3 is 2.64 bits per heavy atom. The van der Waals surface area contributed by atoms with Crippen molar-refractivity contribution in [3.63, 3.8) is 0 Å². The highest BCUT2D eigenvalue weighted by atomic mass is 35.5. The Labute approximate surface area is 87.4 Å². The Balaban J connectivity index is 2.85. The molecule has 0 amide bonds. The van der Waals surface area contributed by atoms with Crippen molar-refractivity contribution in [2.24, 2.45) is 0 Å². The maximum absolute atomic E-state index is 10.4. The van der Waals surface area contributed by atoms with Gasteiger partial charge in [0, 0.05) is 5.02 Å². The molecule has 1 rings (SSSR count). The summed E-state index contributed by atoms with van der Waals surface area (Å²) in [7, 11) is -4.43. The molecule has 0 heterocycles. The molecule has 0 aliphatic heterocycles. The van der Waals surface area contributed by atoms with Gasteiger partial charge in [-0.15, -0.1) is 0 Å². The summed E-state index contributed by atoms with van der Waals surface area (Å²) in [5.74, 6) is 0. The van der Waals surface area contributed by atoms with Crippen molar-refractivity contribution in [1.82, 2.24) is 0 Å². The van der Waals surface area contributed by atoms with Crippen LogP contribution in [0.15, 0.2) is 24.3 Å². The molecule has 4 nitrogen and oxygen atoms in total. The van der Waals surface area contributed by atoms with Gasteiger partial charge in [-0.3, -0.25) is 4.55 Å². The summed E-state index contributed by atoms with van der Waals surface area (Å²) in [5, 5.41) is 0.480. The number of halogens is 1. The maximum Gasteiger partial charge on any atom is 0.397 e. The van der Waals surface area contributed by atoms with Crippen molar-refractivity contribution in [1.29, 1.82) is 0 Å². The minimum absolute atomic E-state index is 0.480. The van der Waals surface area contributed by atoms with Crippen LogP contribution in [0.25, 0.3) is 0 Å². The van der Waals surface area contributed by atoms with Crippen LogP contribution < -0.4 is 0 Å². The van der Waals surface area contributed by atoms with E-state index < -0.39 is 16.5 Å². The first-order chi connectivity index (χ1) is 6.38. The summed E-state index contributed by atoms with van der Waals surface area (Å²) in [5.41, 5.74) is 0.579. The predicted octanol–water partition coefficient (Wildman–Crippen LogP) is 2.22. The van der Waals surface area contributed by atoms with Gasteiger partial charge in [-0.2, -0.15) is 8.42 Å². The molecule has 0 aliphatic rings. The Bertz CT molecular complexity index is 415. The molecule has 1 atom stereocenters. The zero-order chi connectivity index (χ0) is 10.8. The molecule has 6 heteroatoms. The van der Waals surface area contributed by atoms with Crippen LogP contribution in [0, 0.1) is 0 Å². The van der Waals surface area contributed by atoms with E-state index >= 15 is 0 Å². The lowest BCUT2D eigenvalue weighted by Crippen LogP contribution is -2.07. The average molecular weight is 237 g/mol. The summed E-state index contributed by atoms with van der Waals surface area (Å²) in [6.07, 6.45) is -0.760.